The molecule has 2 saturated heterocycles. The Morgan fingerprint density at radius 2 is 1.68 bits per heavy atom. The second-order valence-corrected chi connectivity index (χ2v) is 6.56. The molecule has 0 amide bonds. The minimum atomic E-state index is -4.02. The average molecular weight is 330 g/mol. The first-order valence-electron chi connectivity index (χ1n) is 6.61. The van der Waals surface area contributed by atoms with Crippen molar-refractivity contribution in [2.45, 2.75) is 12.2 Å². The number of nitro benzene ring substituents is 1. The molecular weight excluding hydrogens is 316 g/mol. The molecular formula is C12H14N2O7S. The van der Waals surface area contributed by atoms with Gasteiger partial charge in [-0.2, -0.15) is 12.7 Å². The number of hydrogen-bond donors (Lipinski definition) is 0. The van der Waals surface area contributed by atoms with Gasteiger partial charge in [-0.3, -0.25) is 10.1 Å². The zero-order valence-electron chi connectivity index (χ0n) is 11.5. The van der Waals surface area contributed by atoms with Crippen LogP contribution in [0.5, 0.6) is 5.75 Å². The maximum Gasteiger partial charge on any atom is 0.385 e. The van der Waals surface area contributed by atoms with E-state index in [4.69, 9.17) is 13.7 Å². The minimum Gasteiger partial charge on any atom is -0.372 e. The summed E-state index contributed by atoms with van der Waals surface area (Å²) in [5.41, 5.74) is -0.139. The van der Waals surface area contributed by atoms with Crippen molar-refractivity contribution in [1.82, 2.24) is 4.31 Å². The van der Waals surface area contributed by atoms with E-state index in [2.05, 4.69) is 0 Å². The van der Waals surface area contributed by atoms with E-state index in [0.29, 0.717) is 13.2 Å². The third-order valence-electron chi connectivity index (χ3n) is 3.18. The SMILES string of the molecule is O=[N+]([O-])c1ccc(OS(=O)(=O)N(CC2CO2)CC2CO2)cc1. The number of nitro groups is 1. The third kappa shape index (κ3) is 3.91. The Hall–Kier alpha value is -1.75. The second-order valence-electron chi connectivity index (χ2n) is 5.02. The molecule has 0 bridgehead atoms. The van der Waals surface area contributed by atoms with E-state index in [0.717, 1.165) is 0 Å². The lowest BCUT2D eigenvalue weighted by Gasteiger charge is -2.19. The van der Waals surface area contributed by atoms with Gasteiger partial charge in [0.25, 0.3) is 5.69 Å². The molecule has 2 aliphatic heterocycles. The molecule has 1 aromatic rings. The van der Waals surface area contributed by atoms with Crippen LogP contribution in [0, 0.1) is 10.1 Å². The molecule has 22 heavy (non-hydrogen) atoms. The second kappa shape index (κ2) is 5.80. The predicted octanol–water partition coefficient (Wildman–Crippen LogP) is 0.318. The molecule has 2 atom stereocenters. The van der Waals surface area contributed by atoms with Gasteiger partial charge in [-0.25, -0.2) is 0 Å². The summed E-state index contributed by atoms with van der Waals surface area (Å²) in [6.45, 7) is 1.45. The van der Waals surface area contributed by atoms with Crippen LogP contribution in [0.4, 0.5) is 5.69 Å². The summed E-state index contributed by atoms with van der Waals surface area (Å²) in [7, 11) is -4.02. The molecule has 0 saturated carbocycles. The highest BCUT2D eigenvalue weighted by Gasteiger charge is 2.37. The van der Waals surface area contributed by atoms with Crippen molar-refractivity contribution in [1.29, 1.82) is 0 Å². The lowest BCUT2D eigenvalue weighted by atomic mass is 10.3. The predicted molar refractivity (Wildman–Crippen MR) is 73.7 cm³/mol. The van der Waals surface area contributed by atoms with Gasteiger partial charge in [0.05, 0.1) is 30.3 Å². The number of benzene rings is 1. The largest absolute Gasteiger partial charge is 0.385 e. The van der Waals surface area contributed by atoms with E-state index in [1.54, 1.807) is 0 Å². The van der Waals surface area contributed by atoms with Gasteiger partial charge < -0.3 is 13.7 Å². The number of ether oxygens (including phenoxy) is 2. The maximum atomic E-state index is 12.3. The maximum absolute atomic E-state index is 12.3. The number of nitrogens with zero attached hydrogens (tertiary/aromatic N) is 2. The van der Waals surface area contributed by atoms with Crippen LogP contribution in [0.15, 0.2) is 24.3 Å². The first kappa shape index (κ1) is 15.2. The standard InChI is InChI=1S/C12H14N2O7S/c15-14(16)9-1-3-10(4-2-9)21-22(17,18)13(5-11-7-19-11)6-12-8-20-12/h1-4,11-12H,5-8H2. The zero-order chi connectivity index (χ0) is 15.7. The quantitative estimate of drug-likeness (QED) is 0.383. The molecule has 0 radical (unpaired) electrons. The minimum absolute atomic E-state index is 0.0176. The fourth-order valence-electron chi connectivity index (χ4n) is 1.86. The van der Waals surface area contributed by atoms with E-state index >= 15 is 0 Å². The first-order valence-corrected chi connectivity index (χ1v) is 7.98. The highest BCUT2D eigenvalue weighted by molar-refractivity contribution is 7.84. The number of epoxide rings is 2. The summed E-state index contributed by atoms with van der Waals surface area (Å²) in [5.74, 6) is 0.0176. The Kier molecular flexibility index (Phi) is 4.00. The van der Waals surface area contributed by atoms with E-state index in [-0.39, 0.29) is 36.7 Å². The van der Waals surface area contributed by atoms with Crippen LogP contribution < -0.4 is 4.18 Å². The molecule has 2 heterocycles. The molecule has 3 rings (SSSR count). The van der Waals surface area contributed by atoms with Crippen LogP contribution in [-0.2, 0) is 19.8 Å². The Morgan fingerprint density at radius 1 is 1.18 bits per heavy atom. The fourth-order valence-corrected chi connectivity index (χ4v) is 3.01. The molecule has 0 N–H and O–H groups in total. The molecule has 2 fully saturated rings. The van der Waals surface area contributed by atoms with Gasteiger partial charge in [-0.15, -0.1) is 0 Å². The summed E-state index contributed by atoms with van der Waals surface area (Å²) < 4.78 is 40.9. The van der Waals surface area contributed by atoms with Crippen molar-refractivity contribution in [2.24, 2.45) is 0 Å². The van der Waals surface area contributed by atoms with Crippen LogP contribution in [0.1, 0.15) is 0 Å². The molecule has 0 spiro atoms. The molecule has 0 aromatic heterocycles. The Balaban J connectivity index is 1.70. The van der Waals surface area contributed by atoms with Crippen molar-refractivity contribution < 1.29 is 27.0 Å². The Bertz CT molecular complexity index is 639. The summed E-state index contributed by atoms with van der Waals surface area (Å²) in [6.07, 6.45) is -0.233. The smallest absolute Gasteiger partial charge is 0.372 e. The van der Waals surface area contributed by atoms with Crippen LogP contribution in [0.3, 0.4) is 0 Å². The molecule has 2 unspecified atom stereocenters. The van der Waals surface area contributed by atoms with E-state index in [1.165, 1.54) is 28.6 Å². The third-order valence-corrected chi connectivity index (χ3v) is 4.52. The monoisotopic (exact) mass is 330 g/mol. The first-order chi connectivity index (χ1) is 10.4. The van der Waals surface area contributed by atoms with Crippen molar-refractivity contribution in [2.75, 3.05) is 26.3 Å². The average Bonchev–Trinajstić information content (AvgIpc) is 3.33. The van der Waals surface area contributed by atoms with Crippen LogP contribution in [-0.4, -0.2) is 56.2 Å². The van der Waals surface area contributed by atoms with Crippen molar-refractivity contribution >= 4 is 16.0 Å². The zero-order valence-corrected chi connectivity index (χ0v) is 12.3. The normalized spacial score (nSPS) is 23.3. The lowest BCUT2D eigenvalue weighted by molar-refractivity contribution is -0.384. The Morgan fingerprint density at radius 3 is 2.09 bits per heavy atom. The fraction of sp³-hybridized carbons (Fsp3) is 0.500. The van der Waals surface area contributed by atoms with Gasteiger partial charge >= 0.3 is 10.3 Å². The van der Waals surface area contributed by atoms with Crippen molar-refractivity contribution in [3.63, 3.8) is 0 Å². The van der Waals surface area contributed by atoms with Crippen LogP contribution in [0.25, 0.3) is 0 Å². The molecule has 0 aliphatic carbocycles. The van der Waals surface area contributed by atoms with E-state index < -0.39 is 15.2 Å². The summed E-state index contributed by atoms with van der Waals surface area (Å²) >= 11 is 0. The molecule has 2 aliphatic rings. The molecule has 10 heteroatoms. The molecule has 9 nitrogen and oxygen atoms in total. The van der Waals surface area contributed by atoms with Crippen molar-refractivity contribution in [3.05, 3.63) is 34.4 Å². The number of hydrogen-bond acceptors (Lipinski definition) is 7. The van der Waals surface area contributed by atoms with Crippen molar-refractivity contribution in [3.8, 4) is 5.75 Å². The van der Waals surface area contributed by atoms with Crippen LogP contribution in [0.2, 0.25) is 0 Å². The van der Waals surface area contributed by atoms with Gasteiger partial charge in [0, 0.05) is 25.2 Å². The summed E-state index contributed by atoms with van der Waals surface area (Å²) in [5, 5.41) is 10.6. The Labute approximate surface area is 126 Å². The van der Waals surface area contributed by atoms with Gasteiger partial charge in [0.2, 0.25) is 0 Å². The number of non-ortho nitro benzene ring substituents is 1. The molecule has 120 valence electrons. The summed E-state index contributed by atoms with van der Waals surface area (Å²) in [6, 6.07) is 4.86. The summed E-state index contributed by atoms with van der Waals surface area (Å²) in [4.78, 5) is 10.0. The van der Waals surface area contributed by atoms with Gasteiger partial charge in [-0.05, 0) is 12.1 Å². The van der Waals surface area contributed by atoms with E-state index in [9.17, 15) is 18.5 Å². The van der Waals surface area contributed by atoms with E-state index in [1.807, 2.05) is 0 Å². The van der Waals surface area contributed by atoms with Crippen LogP contribution >= 0.6 is 0 Å². The highest BCUT2D eigenvalue weighted by atomic mass is 32.2. The topological polar surface area (TPSA) is 115 Å². The number of rotatable bonds is 8. The molecule has 1 aromatic carbocycles. The van der Waals surface area contributed by atoms with Gasteiger partial charge in [0.1, 0.15) is 5.75 Å². The van der Waals surface area contributed by atoms with Gasteiger partial charge in [-0.1, -0.05) is 0 Å². The lowest BCUT2D eigenvalue weighted by Crippen LogP contribution is -2.39. The van der Waals surface area contributed by atoms with Gasteiger partial charge in [0.15, 0.2) is 0 Å². The highest BCUT2D eigenvalue weighted by Crippen LogP contribution is 2.23.